The Labute approximate surface area is 130 Å². The third-order valence-electron chi connectivity index (χ3n) is 5.13. The van der Waals surface area contributed by atoms with Crippen LogP contribution in [0.5, 0.6) is 0 Å². The Morgan fingerprint density at radius 2 is 2.14 bits per heavy atom. The van der Waals surface area contributed by atoms with Crippen LogP contribution in [0.4, 0.5) is 0 Å². The number of carbonyl (C=O) groups is 1. The number of aryl methyl sites for hydroxylation is 1. The average molecular weight is 295 g/mol. The van der Waals surface area contributed by atoms with Crippen LogP contribution in [0.3, 0.4) is 0 Å². The molecule has 0 saturated carbocycles. The van der Waals surface area contributed by atoms with E-state index in [0.29, 0.717) is 11.8 Å². The van der Waals surface area contributed by atoms with Gasteiger partial charge < -0.3 is 4.90 Å². The Hall–Kier alpha value is -2.10. The van der Waals surface area contributed by atoms with Gasteiger partial charge in [-0.05, 0) is 42.9 Å². The average Bonchev–Trinajstić information content (AvgIpc) is 3.24. The predicted octanol–water partition coefficient (Wildman–Crippen LogP) is 2.85. The van der Waals surface area contributed by atoms with Crippen molar-refractivity contribution in [2.75, 3.05) is 13.1 Å². The number of piperidine rings is 1. The van der Waals surface area contributed by atoms with E-state index in [4.69, 9.17) is 0 Å². The van der Waals surface area contributed by atoms with Crippen molar-refractivity contribution in [3.8, 4) is 0 Å². The van der Waals surface area contributed by atoms with Crippen molar-refractivity contribution in [2.24, 2.45) is 0 Å². The molecule has 4 heteroatoms. The Kier molecular flexibility index (Phi) is 3.45. The SMILES string of the molecule is O=C([C@H]1CCc2ccccc21)N1CCC[C@H](c2ccn[nH]2)C1. The lowest BCUT2D eigenvalue weighted by molar-refractivity contribution is -0.134. The van der Waals surface area contributed by atoms with Gasteiger partial charge in [0.15, 0.2) is 0 Å². The third-order valence-corrected chi connectivity index (χ3v) is 5.13. The van der Waals surface area contributed by atoms with Gasteiger partial charge in [0.2, 0.25) is 5.91 Å². The summed E-state index contributed by atoms with van der Waals surface area (Å²) in [6, 6.07) is 10.4. The van der Waals surface area contributed by atoms with Crippen molar-refractivity contribution in [2.45, 2.75) is 37.5 Å². The van der Waals surface area contributed by atoms with Crippen molar-refractivity contribution in [1.29, 1.82) is 0 Å². The first-order valence-electron chi connectivity index (χ1n) is 8.19. The van der Waals surface area contributed by atoms with Gasteiger partial charge in [-0.2, -0.15) is 5.10 Å². The molecule has 4 nitrogen and oxygen atoms in total. The lowest BCUT2D eigenvalue weighted by atomic mass is 9.92. The molecule has 4 rings (SSSR count). The quantitative estimate of drug-likeness (QED) is 0.926. The van der Waals surface area contributed by atoms with Crippen LogP contribution in [-0.2, 0) is 11.2 Å². The number of nitrogens with zero attached hydrogens (tertiary/aromatic N) is 2. The van der Waals surface area contributed by atoms with E-state index in [9.17, 15) is 4.79 Å². The molecule has 1 amide bonds. The normalized spacial score (nSPS) is 24.3. The van der Waals surface area contributed by atoms with Gasteiger partial charge in [0.25, 0.3) is 0 Å². The standard InChI is InChI=1S/C18H21N3O/c22-18(16-8-7-13-4-1-2-6-15(13)16)21-11-3-5-14(12-21)17-9-10-19-20-17/h1-2,4,6,9-10,14,16H,3,5,7-8,11-12H2,(H,19,20)/t14-,16-/m0/s1. The second-order valence-electron chi connectivity index (χ2n) is 6.43. The third kappa shape index (κ3) is 2.32. The number of hydrogen-bond acceptors (Lipinski definition) is 2. The first kappa shape index (κ1) is 13.6. The summed E-state index contributed by atoms with van der Waals surface area (Å²) in [5, 5.41) is 7.11. The van der Waals surface area contributed by atoms with Crippen molar-refractivity contribution in [1.82, 2.24) is 15.1 Å². The number of likely N-dealkylation sites (tertiary alicyclic amines) is 1. The molecule has 0 unspecified atom stereocenters. The molecule has 2 heterocycles. The summed E-state index contributed by atoms with van der Waals surface area (Å²) in [5.74, 6) is 0.780. The minimum atomic E-state index is 0.0664. The van der Waals surface area contributed by atoms with Gasteiger partial charge in [-0.15, -0.1) is 0 Å². The molecule has 1 fully saturated rings. The second-order valence-corrected chi connectivity index (χ2v) is 6.43. The fourth-order valence-corrected chi connectivity index (χ4v) is 3.96. The van der Waals surface area contributed by atoms with E-state index in [1.165, 1.54) is 11.1 Å². The largest absolute Gasteiger partial charge is 0.342 e. The molecule has 1 N–H and O–H groups in total. The van der Waals surface area contributed by atoms with Gasteiger partial charge in [-0.25, -0.2) is 0 Å². The van der Waals surface area contributed by atoms with E-state index < -0.39 is 0 Å². The second kappa shape index (κ2) is 5.59. The predicted molar refractivity (Wildman–Crippen MR) is 84.6 cm³/mol. The molecule has 2 atom stereocenters. The molecule has 0 spiro atoms. The highest BCUT2D eigenvalue weighted by Crippen LogP contribution is 2.36. The lowest BCUT2D eigenvalue weighted by Gasteiger charge is -2.34. The molecule has 1 aromatic heterocycles. The Bertz CT molecular complexity index is 665. The molecule has 114 valence electrons. The highest BCUT2D eigenvalue weighted by atomic mass is 16.2. The number of aromatic nitrogens is 2. The van der Waals surface area contributed by atoms with Crippen LogP contribution in [0.25, 0.3) is 0 Å². The molecule has 1 aliphatic heterocycles. The minimum absolute atomic E-state index is 0.0664. The summed E-state index contributed by atoms with van der Waals surface area (Å²) in [4.78, 5) is 15.0. The van der Waals surface area contributed by atoms with E-state index in [1.807, 2.05) is 12.1 Å². The summed E-state index contributed by atoms with van der Waals surface area (Å²) in [7, 11) is 0. The maximum Gasteiger partial charge on any atom is 0.230 e. The van der Waals surface area contributed by atoms with Crippen molar-refractivity contribution < 1.29 is 4.79 Å². The highest BCUT2D eigenvalue weighted by molar-refractivity contribution is 5.85. The van der Waals surface area contributed by atoms with Gasteiger partial charge in [0.05, 0.1) is 5.92 Å². The number of hydrogen-bond donors (Lipinski definition) is 1. The zero-order valence-corrected chi connectivity index (χ0v) is 12.7. The molecule has 2 aromatic rings. The molecule has 2 aliphatic rings. The Balaban J connectivity index is 1.51. The molecular weight excluding hydrogens is 274 g/mol. The number of benzene rings is 1. The van der Waals surface area contributed by atoms with Crippen LogP contribution in [0.2, 0.25) is 0 Å². The van der Waals surface area contributed by atoms with Crippen LogP contribution in [0, 0.1) is 0 Å². The Morgan fingerprint density at radius 3 is 3.00 bits per heavy atom. The van der Waals surface area contributed by atoms with Gasteiger partial charge in [-0.1, -0.05) is 24.3 Å². The molecule has 22 heavy (non-hydrogen) atoms. The molecule has 1 aliphatic carbocycles. The van der Waals surface area contributed by atoms with Crippen LogP contribution in [0.15, 0.2) is 36.5 Å². The summed E-state index contributed by atoms with van der Waals surface area (Å²) in [5.41, 5.74) is 3.75. The molecule has 1 aromatic carbocycles. The number of aromatic amines is 1. The lowest BCUT2D eigenvalue weighted by Crippen LogP contribution is -2.41. The van der Waals surface area contributed by atoms with Gasteiger partial charge in [-0.3, -0.25) is 9.89 Å². The number of H-pyrrole nitrogens is 1. The minimum Gasteiger partial charge on any atom is -0.342 e. The maximum absolute atomic E-state index is 13.0. The smallest absolute Gasteiger partial charge is 0.230 e. The molecule has 1 saturated heterocycles. The van der Waals surface area contributed by atoms with Crippen molar-refractivity contribution >= 4 is 5.91 Å². The van der Waals surface area contributed by atoms with E-state index in [1.54, 1.807) is 6.20 Å². The summed E-state index contributed by atoms with van der Waals surface area (Å²) < 4.78 is 0. The zero-order chi connectivity index (χ0) is 14.9. The fourth-order valence-electron chi connectivity index (χ4n) is 3.96. The number of fused-ring (bicyclic) bond motifs is 1. The van der Waals surface area contributed by atoms with Crippen LogP contribution in [-0.4, -0.2) is 34.1 Å². The zero-order valence-electron chi connectivity index (χ0n) is 12.7. The van der Waals surface area contributed by atoms with Crippen LogP contribution in [0.1, 0.15) is 47.9 Å². The summed E-state index contributed by atoms with van der Waals surface area (Å²) in [6.45, 7) is 1.71. The Morgan fingerprint density at radius 1 is 1.23 bits per heavy atom. The number of nitrogens with one attached hydrogen (secondary N) is 1. The van der Waals surface area contributed by atoms with E-state index in [0.717, 1.165) is 44.5 Å². The first-order chi connectivity index (χ1) is 10.8. The molecular formula is C18H21N3O. The van der Waals surface area contributed by atoms with Crippen molar-refractivity contribution in [3.05, 3.63) is 53.3 Å². The van der Waals surface area contributed by atoms with Gasteiger partial charge in [0.1, 0.15) is 0 Å². The van der Waals surface area contributed by atoms with E-state index in [2.05, 4.69) is 33.3 Å². The fraction of sp³-hybridized carbons (Fsp3) is 0.444. The number of carbonyl (C=O) groups excluding carboxylic acids is 1. The monoisotopic (exact) mass is 295 g/mol. The number of amides is 1. The van der Waals surface area contributed by atoms with E-state index >= 15 is 0 Å². The number of rotatable bonds is 2. The first-order valence-corrected chi connectivity index (χ1v) is 8.19. The molecule has 0 bridgehead atoms. The summed E-state index contributed by atoms with van der Waals surface area (Å²) >= 11 is 0. The summed E-state index contributed by atoms with van der Waals surface area (Å²) in [6.07, 6.45) is 5.99. The maximum atomic E-state index is 13.0. The van der Waals surface area contributed by atoms with Crippen LogP contribution >= 0.6 is 0 Å². The highest BCUT2D eigenvalue weighted by Gasteiger charge is 2.34. The topological polar surface area (TPSA) is 49.0 Å². The van der Waals surface area contributed by atoms with Crippen molar-refractivity contribution in [3.63, 3.8) is 0 Å². The van der Waals surface area contributed by atoms with Gasteiger partial charge >= 0.3 is 0 Å². The molecule has 0 radical (unpaired) electrons. The van der Waals surface area contributed by atoms with Crippen LogP contribution < -0.4 is 0 Å². The van der Waals surface area contributed by atoms with Gasteiger partial charge in [0, 0.05) is 30.9 Å². The van der Waals surface area contributed by atoms with E-state index in [-0.39, 0.29) is 5.92 Å².